The van der Waals surface area contributed by atoms with E-state index in [0.717, 1.165) is 5.75 Å². The monoisotopic (exact) mass is 300 g/mol. The van der Waals surface area contributed by atoms with Gasteiger partial charge in [-0.3, -0.25) is 4.21 Å². The molecule has 0 fully saturated rings. The highest BCUT2D eigenvalue weighted by atomic mass is 32.2. The van der Waals surface area contributed by atoms with Gasteiger partial charge in [-0.15, -0.1) is 0 Å². The largest absolute Gasteiger partial charge is 0.461 e. The van der Waals surface area contributed by atoms with Gasteiger partial charge in [-0.2, -0.15) is 11.8 Å². The van der Waals surface area contributed by atoms with Gasteiger partial charge in [0.25, 0.3) is 0 Å². The van der Waals surface area contributed by atoms with Crippen LogP contribution in [0, 0.1) is 0 Å². The number of rotatable bonds is 5. The zero-order valence-electron chi connectivity index (χ0n) is 11.8. The summed E-state index contributed by atoms with van der Waals surface area (Å²) in [6.45, 7) is 6.79. The molecule has 0 saturated carbocycles. The molecule has 106 valence electrons. The maximum absolute atomic E-state index is 11.7. The molecule has 0 amide bonds. The molecule has 0 aliphatic heterocycles. The van der Waals surface area contributed by atoms with Crippen LogP contribution in [0.1, 0.15) is 31.1 Å². The fourth-order valence-electron chi connectivity index (χ4n) is 1.35. The Balaban J connectivity index is 2.43. The fraction of sp³-hybridized carbons (Fsp3) is 0.500. The van der Waals surface area contributed by atoms with Crippen molar-refractivity contribution in [3.63, 3.8) is 0 Å². The van der Waals surface area contributed by atoms with E-state index in [0.29, 0.717) is 17.1 Å². The fourth-order valence-corrected chi connectivity index (χ4v) is 2.65. The molecule has 0 aliphatic carbocycles. The lowest BCUT2D eigenvalue weighted by Crippen LogP contribution is -2.13. The third kappa shape index (κ3) is 6.25. The topological polar surface area (TPSA) is 43.4 Å². The normalized spacial score (nSPS) is 13.1. The second-order valence-electron chi connectivity index (χ2n) is 5.08. The van der Waals surface area contributed by atoms with Gasteiger partial charge >= 0.3 is 5.97 Å². The smallest absolute Gasteiger partial charge is 0.338 e. The van der Waals surface area contributed by atoms with Gasteiger partial charge in [0.05, 0.1) is 5.56 Å². The number of hydrogen-bond donors (Lipinski definition) is 0. The van der Waals surface area contributed by atoms with E-state index in [4.69, 9.17) is 4.74 Å². The summed E-state index contributed by atoms with van der Waals surface area (Å²) in [5, 5.41) is 0. The zero-order chi connectivity index (χ0) is 14.5. The molecule has 5 heteroatoms. The number of carbonyl (C=O) groups is 1. The SMILES string of the molecule is CS(=O)c1ccc(C(=O)OCCSC(C)(C)C)cc1. The second kappa shape index (κ2) is 7.10. The van der Waals surface area contributed by atoms with Gasteiger partial charge < -0.3 is 4.74 Å². The lowest BCUT2D eigenvalue weighted by Gasteiger charge is -2.17. The second-order valence-corrected chi connectivity index (χ2v) is 8.38. The summed E-state index contributed by atoms with van der Waals surface area (Å²) in [6, 6.07) is 6.68. The van der Waals surface area contributed by atoms with E-state index >= 15 is 0 Å². The Hall–Kier alpha value is -0.810. The minimum absolute atomic E-state index is 0.180. The van der Waals surface area contributed by atoms with E-state index in [1.165, 1.54) is 0 Å². The first-order valence-corrected chi connectivity index (χ1v) is 8.58. The van der Waals surface area contributed by atoms with E-state index in [2.05, 4.69) is 20.8 Å². The first kappa shape index (κ1) is 16.2. The van der Waals surface area contributed by atoms with E-state index < -0.39 is 10.8 Å². The van der Waals surface area contributed by atoms with E-state index in [9.17, 15) is 9.00 Å². The molecule has 0 saturated heterocycles. The summed E-state index contributed by atoms with van der Waals surface area (Å²) in [5.74, 6) is 0.453. The summed E-state index contributed by atoms with van der Waals surface area (Å²) >= 11 is 1.76. The van der Waals surface area contributed by atoms with Gasteiger partial charge in [0, 0.05) is 32.5 Å². The van der Waals surface area contributed by atoms with Gasteiger partial charge in [0.1, 0.15) is 6.61 Å². The highest BCUT2D eigenvalue weighted by Crippen LogP contribution is 2.22. The Morgan fingerprint density at radius 3 is 2.32 bits per heavy atom. The van der Waals surface area contributed by atoms with Gasteiger partial charge in [-0.05, 0) is 24.3 Å². The van der Waals surface area contributed by atoms with Crippen molar-refractivity contribution < 1.29 is 13.7 Å². The van der Waals surface area contributed by atoms with Crippen molar-refractivity contribution in [3.8, 4) is 0 Å². The van der Waals surface area contributed by atoms with Crippen molar-refractivity contribution in [3.05, 3.63) is 29.8 Å². The molecule has 19 heavy (non-hydrogen) atoms. The average molecular weight is 300 g/mol. The first-order valence-electron chi connectivity index (χ1n) is 6.04. The third-order valence-electron chi connectivity index (χ3n) is 2.27. The van der Waals surface area contributed by atoms with Crippen LogP contribution in [0.4, 0.5) is 0 Å². The number of hydrogen-bond acceptors (Lipinski definition) is 4. The van der Waals surface area contributed by atoms with Crippen LogP contribution in [0.5, 0.6) is 0 Å². The van der Waals surface area contributed by atoms with Crippen LogP contribution in [-0.4, -0.2) is 33.5 Å². The van der Waals surface area contributed by atoms with Gasteiger partial charge in [0.2, 0.25) is 0 Å². The number of ether oxygens (including phenoxy) is 1. The summed E-state index contributed by atoms with van der Waals surface area (Å²) in [5.41, 5.74) is 0.495. The molecule has 0 spiro atoms. The molecule has 1 aromatic carbocycles. The minimum Gasteiger partial charge on any atom is -0.461 e. The molecule has 0 heterocycles. The highest BCUT2D eigenvalue weighted by Gasteiger charge is 2.11. The van der Waals surface area contributed by atoms with Crippen molar-refractivity contribution in [1.29, 1.82) is 0 Å². The molecular formula is C14H20O3S2. The Morgan fingerprint density at radius 1 is 1.26 bits per heavy atom. The van der Waals surface area contributed by atoms with E-state index in [1.54, 1.807) is 42.3 Å². The molecule has 0 aliphatic rings. The number of esters is 1. The van der Waals surface area contributed by atoms with Crippen LogP contribution in [-0.2, 0) is 15.5 Å². The van der Waals surface area contributed by atoms with Crippen LogP contribution < -0.4 is 0 Å². The predicted octanol–water partition coefficient (Wildman–Crippen LogP) is 3.11. The number of benzene rings is 1. The number of carbonyl (C=O) groups excluding carboxylic acids is 1. The van der Waals surface area contributed by atoms with Crippen molar-refractivity contribution >= 4 is 28.5 Å². The van der Waals surface area contributed by atoms with E-state index in [1.807, 2.05) is 0 Å². The standard InChI is InChI=1S/C14H20O3S2/c1-14(2,3)18-10-9-17-13(15)11-5-7-12(8-6-11)19(4)16/h5-8H,9-10H2,1-4H3. The Labute approximate surface area is 121 Å². The van der Waals surface area contributed by atoms with Crippen LogP contribution >= 0.6 is 11.8 Å². The predicted molar refractivity (Wildman–Crippen MR) is 81.3 cm³/mol. The van der Waals surface area contributed by atoms with Crippen LogP contribution in [0.2, 0.25) is 0 Å². The quantitative estimate of drug-likeness (QED) is 0.619. The zero-order valence-corrected chi connectivity index (χ0v) is 13.4. The van der Waals surface area contributed by atoms with Crippen LogP contribution in [0.25, 0.3) is 0 Å². The molecule has 0 aromatic heterocycles. The Kier molecular flexibility index (Phi) is 6.07. The molecule has 1 rings (SSSR count). The Bertz CT molecular complexity index is 447. The molecule has 3 nitrogen and oxygen atoms in total. The summed E-state index contributed by atoms with van der Waals surface area (Å²) in [6.07, 6.45) is 1.61. The molecule has 1 atom stereocenters. The average Bonchev–Trinajstić information content (AvgIpc) is 2.33. The minimum atomic E-state index is -1.02. The molecule has 0 N–H and O–H groups in total. The first-order chi connectivity index (χ1) is 8.79. The third-order valence-corrected chi connectivity index (χ3v) is 4.45. The van der Waals surface area contributed by atoms with Crippen LogP contribution in [0.3, 0.4) is 0 Å². The van der Waals surface area contributed by atoms with Gasteiger partial charge in [-0.25, -0.2) is 4.79 Å². The summed E-state index contributed by atoms with van der Waals surface area (Å²) < 4.78 is 16.6. The highest BCUT2D eigenvalue weighted by molar-refractivity contribution is 8.00. The van der Waals surface area contributed by atoms with Crippen molar-refractivity contribution in [2.24, 2.45) is 0 Å². The lowest BCUT2D eigenvalue weighted by molar-refractivity contribution is 0.0530. The Morgan fingerprint density at radius 2 is 1.84 bits per heavy atom. The molecule has 0 radical (unpaired) electrons. The molecule has 1 aromatic rings. The van der Waals surface area contributed by atoms with Gasteiger partial charge in [0.15, 0.2) is 0 Å². The van der Waals surface area contributed by atoms with Gasteiger partial charge in [-0.1, -0.05) is 20.8 Å². The molecule has 1 unspecified atom stereocenters. The number of thioether (sulfide) groups is 1. The summed E-state index contributed by atoms with van der Waals surface area (Å²) in [7, 11) is -1.02. The van der Waals surface area contributed by atoms with Crippen molar-refractivity contribution in [2.45, 2.75) is 30.4 Å². The molecule has 0 bridgehead atoms. The van der Waals surface area contributed by atoms with Crippen molar-refractivity contribution in [1.82, 2.24) is 0 Å². The lowest BCUT2D eigenvalue weighted by atomic mass is 10.2. The van der Waals surface area contributed by atoms with Crippen molar-refractivity contribution in [2.75, 3.05) is 18.6 Å². The van der Waals surface area contributed by atoms with E-state index in [-0.39, 0.29) is 10.7 Å². The maximum atomic E-state index is 11.7. The maximum Gasteiger partial charge on any atom is 0.338 e. The summed E-state index contributed by atoms with van der Waals surface area (Å²) in [4.78, 5) is 12.5. The van der Waals surface area contributed by atoms with Crippen LogP contribution in [0.15, 0.2) is 29.2 Å². The molecular weight excluding hydrogens is 280 g/mol.